The van der Waals surface area contributed by atoms with E-state index in [1.54, 1.807) is 0 Å². The van der Waals surface area contributed by atoms with Gasteiger partial charge in [0, 0.05) is 18.6 Å². The first-order valence-corrected chi connectivity index (χ1v) is 14.4. The number of ether oxygens (including phenoxy) is 1. The van der Waals surface area contributed by atoms with Crippen molar-refractivity contribution in [3.63, 3.8) is 0 Å². The van der Waals surface area contributed by atoms with Gasteiger partial charge in [-0.15, -0.1) is 11.8 Å². The molecule has 0 aromatic carbocycles. The molecule has 0 radical (unpaired) electrons. The first-order valence-electron chi connectivity index (χ1n) is 13.3. The first-order chi connectivity index (χ1) is 14.2. The highest BCUT2D eigenvalue weighted by Gasteiger charge is 2.35. The van der Waals surface area contributed by atoms with Crippen molar-refractivity contribution in [3.8, 4) is 0 Å². The van der Waals surface area contributed by atoms with Crippen LogP contribution < -0.4 is 17.0 Å². The van der Waals surface area contributed by atoms with Crippen LogP contribution in [-0.4, -0.2) is 48.5 Å². The number of likely N-dealkylation sites (N-methyl/N-ethyl adjacent to an activating group) is 1. The maximum Gasteiger partial charge on any atom is 0.117 e. The quantitative estimate of drug-likeness (QED) is 0.192. The highest BCUT2D eigenvalue weighted by molar-refractivity contribution is 8.00. The summed E-state index contributed by atoms with van der Waals surface area (Å²) in [6.07, 6.45) is 26.3. The van der Waals surface area contributed by atoms with Crippen molar-refractivity contribution in [2.75, 3.05) is 32.4 Å². The summed E-state index contributed by atoms with van der Waals surface area (Å²) in [6.45, 7) is 6.29. The van der Waals surface area contributed by atoms with Crippen molar-refractivity contribution in [2.45, 2.75) is 134 Å². The Hall–Kier alpha value is 0.750. The molecule has 0 saturated carbocycles. The van der Waals surface area contributed by atoms with Crippen molar-refractivity contribution in [1.29, 1.82) is 0 Å². The van der Waals surface area contributed by atoms with Gasteiger partial charge < -0.3 is 26.2 Å². The lowest BCUT2D eigenvalue weighted by Gasteiger charge is -2.31. The molecule has 2 aliphatic heterocycles. The number of unbranched alkanes of at least 4 members (excludes halogenated alkanes) is 14. The predicted molar refractivity (Wildman–Crippen MR) is 131 cm³/mol. The third-order valence-electron chi connectivity index (χ3n) is 7.15. The summed E-state index contributed by atoms with van der Waals surface area (Å²) in [5.41, 5.74) is 0.496. The Morgan fingerprint density at radius 1 is 0.733 bits per heavy atom. The second-order valence-corrected chi connectivity index (χ2v) is 11.4. The van der Waals surface area contributed by atoms with E-state index < -0.39 is 0 Å². The van der Waals surface area contributed by atoms with E-state index in [1.165, 1.54) is 145 Å². The Labute approximate surface area is 204 Å². The smallest absolute Gasteiger partial charge is 0.117 e. The number of hydrogen-bond acceptors (Lipinski definition) is 2. The van der Waals surface area contributed by atoms with Crippen LogP contribution in [0.25, 0.3) is 0 Å². The van der Waals surface area contributed by atoms with Gasteiger partial charge in [0.2, 0.25) is 0 Å². The Balaban J connectivity index is 0.00000450. The summed E-state index contributed by atoms with van der Waals surface area (Å²) >= 11 is 2.09. The average molecular weight is 507 g/mol. The first kappa shape index (κ1) is 28.8. The van der Waals surface area contributed by atoms with E-state index in [0.717, 1.165) is 0 Å². The Bertz CT molecular complexity index is 389. The number of nitrogens with zero attached hydrogens (tertiary/aromatic N) is 1. The van der Waals surface area contributed by atoms with Crippen LogP contribution in [0.5, 0.6) is 0 Å². The molecule has 0 aliphatic carbocycles. The van der Waals surface area contributed by atoms with Crippen LogP contribution in [0.4, 0.5) is 0 Å². The van der Waals surface area contributed by atoms with E-state index in [1.807, 2.05) is 0 Å². The van der Waals surface area contributed by atoms with Crippen molar-refractivity contribution < 1.29 is 26.2 Å². The largest absolute Gasteiger partial charge is 1.00 e. The lowest BCUT2D eigenvalue weighted by Crippen LogP contribution is -3.00. The maximum absolute atomic E-state index is 6.36. The predicted octanol–water partition coefficient (Wildman–Crippen LogP) is 4.95. The Morgan fingerprint density at radius 3 is 1.70 bits per heavy atom. The van der Waals surface area contributed by atoms with Crippen LogP contribution in [0, 0.1) is 0 Å². The molecular formula is C26H52BrNOS. The molecule has 180 valence electrons. The lowest BCUT2D eigenvalue weighted by atomic mass is 10.0. The summed E-state index contributed by atoms with van der Waals surface area (Å²) < 4.78 is 7.62. The zero-order valence-corrected chi connectivity index (χ0v) is 22.8. The van der Waals surface area contributed by atoms with Gasteiger partial charge in [-0.1, -0.05) is 96.8 Å². The third-order valence-corrected chi connectivity index (χ3v) is 8.43. The minimum atomic E-state index is 0. The minimum absolute atomic E-state index is 0. The Kier molecular flexibility index (Phi) is 17.5. The molecule has 2 saturated heterocycles. The topological polar surface area (TPSA) is 9.23 Å². The average Bonchev–Trinajstić information content (AvgIpc) is 3.34. The molecule has 0 amide bonds. The maximum atomic E-state index is 6.36. The summed E-state index contributed by atoms with van der Waals surface area (Å²) in [5, 5.41) is 0. The molecule has 4 heteroatoms. The number of halogens is 1. The fraction of sp³-hybridized carbons (Fsp3) is 1.00. The molecule has 2 atom stereocenters. The molecule has 0 aromatic rings. The third kappa shape index (κ3) is 13.3. The van der Waals surface area contributed by atoms with Crippen LogP contribution in [0.2, 0.25) is 0 Å². The van der Waals surface area contributed by atoms with Gasteiger partial charge in [0.25, 0.3) is 0 Å². The number of quaternary nitrogens is 1. The van der Waals surface area contributed by atoms with Gasteiger partial charge in [0.05, 0.1) is 20.1 Å². The monoisotopic (exact) mass is 505 g/mol. The zero-order valence-electron chi connectivity index (χ0n) is 20.4. The van der Waals surface area contributed by atoms with Gasteiger partial charge >= 0.3 is 0 Å². The fourth-order valence-corrected chi connectivity index (χ4v) is 6.39. The molecule has 2 unspecified atom stereocenters. The normalized spacial score (nSPS) is 23.0. The molecule has 0 spiro atoms. The molecule has 2 aliphatic rings. The van der Waals surface area contributed by atoms with Crippen LogP contribution in [0.15, 0.2) is 0 Å². The highest BCUT2D eigenvalue weighted by atomic mass is 79.9. The van der Waals surface area contributed by atoms with E-state index in [-0.39, 0.29) is 17.0 Å². The van der Waals surface area contributed by atoms with E-state index in [9.17, 15) is 0 Å². The standard InChI is InChI=1S/C26H52NOS.BrH/c1-3-4-5-6-7-8-9-10-11-12-13-14-15-16-17-20-26-28-25(24-29-26)23-27(2)21-18-19-22-27;/h25-26H,3-24H2,1-2H3;1H/q+1;/p-1. The van der Waals surface area contributed by atoms with Crippen molar-refractivity contribution >= 4 is 11.8 Å². The van der Waals surface area contributed by atoms with E-state index in [0.29, 0.717) is 11.5 Å². The van der Waals surface area contributed by atoms with Crippen LogP contribution in [-0.2, 0) is 4.74 Å². The fourth-order valence-electron chi connectivity index (χ4n) is 5.21. The van der Waals surface area contributed by atoms with Gasteiger partial charge in [0.1, 0.15) is 18.1 Å². The number of hydrogen-bond donors (Lipinski definition) is 0. The molecule has 30 heavy (non-hydrogen) atoms. The summed E-state index contributed by atoms with van der Waals surface area (Å²) in [4.78, 5) is 0. The van der Waals surface area contributed by atoms with Gasteiger partial charge in [-0.3, -0.25) is 0 Å². The van der Waals surface area contributed by atoms with Crippen molar-refractivity contribution in [3.05, 3.63) is 0 Å². The number of rotatable bonds is 18. The molecule has 2 heterocycles. The van der Waals surface area contributed by atoms with E-state index >= 15 is 0 Å². The van der Waals surface area contributed by atoms with Crippen LogP contribution in [0.3, 0.4) is 0 Å². The summed E-state index contributed by atoms with van der Waals surface area (Å²) in [6, 6.07) is 0. The van der Waals surface area contributed by atoms with Gasteiger partial charge in [0.15, 0.2) is 0 Å². The summed E-state index contributed by atoms with van der Waals surface area (Å²) in [7, 11) is 2.43. The summed E-state index contributed by atoms with van der Waals surface area (Å²) in [5.74, 6) is 1.23. The molecule has 2 nitrogen and oxygen atoms in total. The molecule has 0 aromatic heterocycles. The molecule has 0 N–H and O–H groups in total. The minimum Gasteiger partial charge on any atom is -1.00 e. The second-order valence-electron chi connectivity index (χ2n) is 10.2. The van der Waals surface area contributed by atoms with E-state index in [4.69, 9.17) is 4.74 Å². The second kappa shape index (κ2) is 18.2. The molecule has 2 rings (SSSR count). The van der Waals surface area contributed by atoms with Crippen molar-refractivity contribution in [2.24, 2.45) is 0 Å². The zero-order chi connectivity index (χ0) is 20.6. The Morgan fingerprint density at radius 2 is 1.20 bits per heavy atom. The molecular weight excluding hydrogens is 454 g/mol. The number of likely N-dealkylation sites (tertiary alicyclic amines) is 1. The van der Waals surface area contributed by atoms with Crippen molar-refractivity contribution in [1.82, 2.24) is 0 Å². The SMILES string of the molecule is CCCCCCCCCCCCCCCCCC1OC(C[N+]2(C)CCCC2)CS1.[Br-]. The van der Waals surface area contributed by atoms with Gasteiger partial charge in [-0.2, -0.15) is 0 Å². The van der Waals surface area contributed by atoms with Gasteiger partial charge in [-0.25, -0.2) is 0 Å². The van der Waals surface area contributed by atoms with Crippen LogP contribution in [0.1, 0.15) is 122 Å². The molecule has 0 bridgehead atoms. The lowest BCUT2D eigenvalue weighted by molar-refractivity contribution is -0.900. The highest BCUT2D eigenvalue weighted by Crippen LogP contribution is 2.31. The van der Waals surface area contributed by atoms with Crippen LogP contribution >= 0.6 is 11.8 Å². The van der Waals surface area contributed by atoms with Gasteiger partial charge in [-0.05, 0) is 12.8 Å². The molecule has 2 fully saturated rings. The van der Waals surface area contributed by atoms with E-state index in [2.05, 4.69) is 25.7 Å². The number of thioether (sulfide) groups is 1.